The summed E-state index contributed by atoms with van der Waals surface area (Å²) < 4.78 is 32.8. The van der Waals surface area contributed by atoms with Crippen molar-refractivity contribution in [3.63, 3.8) is 0 Å². The molecule has 0 spiro atoms. The summed E-state index contributed by atoms with van der Waals surface area (Å²) in [6, 6.07) is 26.4. The van der Waals surface area contributed by atoms with Gasteiger partial charge in [-0.05, 0) is 55.4 Å². The van der Waals surface area contributed by atoms with Crippen LogP contribution in [0.3, 0.4) is 0 Å². The fraction of sp³-hybridized carbons (Fsp3) is 0.387. The molecule has 0 bridgehead atoms. The van der Waals surface area contributed by atoms with E-state index in [0.29, 0.717) is 13.0 Å². The quantitative estimate of drug-likeness (QED) is 0.423. The van der Waals surface area contributed by atoms with Crippen LogP contribution in [0.4, 0.5) is 0 Å². The molecule has 206 valence electrons. The summed E-state index contributed by atoms with van der Waals surface area (Å²) in [4.78, 5) is 16.8. The van der Waals surface area contributed by atoms with Crippen molar-refractivity contribution in [2.24, 2.45) is 11.7 Å². The van der Waals surface area contributed by atoms with Gasteiger partial charge in [0.25, 0.3) is 5.85 Å². The van der Waals surface area contributed by atoms with E-state index in [9.17, 15) is 13.2 Å². The molecule has 1 saturated heterocycles. The largest absolute Gasteiger partial charge is 0.369 e. The van der Waals surface area contributed by atoms with Crippen molar-refractivity contribution in [2.45, 2.75) is 55.3 Å². The molecule has 1 aliphatic heterocycles. The van der Waals surface area contributed by atoms with Crippen LogP contribution < -0.4 is 10.6 Å². The molecule has 1 aliphatic carbocycles. The first-order chi connectivity index (χ1) is 18.6. The minimum Gasteiger partial charge on any atom is -0.369 e. The molecule has 1 amide bonds. The third-order valence-corrected chi connectivity index (χ3v) is 10.3. The molecule has 39 heavy (non-hydrogen) atoms. The normalized spacial score (nSPS) is 26.1. The average molecular weight is 549 g/mol. The van der Waals surface area contributed by atoms with Crippen LogP contribution >= 0.6 is 0 Å². The van der Waals surface area contributed by atoms with E-state index < -0.39 is 21.4 Å². The number of quaternary nitrogens is 1. The third kappa shape index (κ3) is 4.80. The topological polar surface area (TPSA) is 94.1 Å². The van der Waals surface area contributed by atoms with Crippen LogP contribution in [0, 0.1) is 12.8 Å². The van der Waals surface area contributed by atoms with E-state index >= 15 is 0 Å². The maximum Gasteiger partial charge on any atom is 0.303 e. The number of nitrogens with zero attached hydrogens (tertiary/aromatic N) is 1. The summed E-state index contributed by atoms with van der Waals surface area (Å²) >= 11 is 0. The molecule has 1 saturated carbocycles. The number of rotatable bonds is 8. The second kappa shape index (κ2) is 10.5. The predicted octanol–water partition coefficient (Wildman–Crippen LogP) is 2.84. The maximum atomic E-state index is 13.5. The zero-order valence-electron chi connectivity index (χ0n) is 22.8. The lowest BCUT2D eigenvalue weighted by molar-refractivity contribution is -0.949. The van der Waals surface area contributed by atoms with Gasteiger partial charge >= 0.3 is 10.1 Å². The molecule has 0 aromatic heterocycles. The van der Waals surface area contributed by atoms with Crippen molar-refractivity contribution < 1.29 is 22.3 Å². The van der Waals surface area contributed by atoms with E-state index in [1.807, 2.05) is 81.6 Å². The van der Waals surface area contributed by atoms with Gasteiger partial charge in [0.15, 0.2) is 0 Å². The maximum absolute atomic E-state index is 13.5. The van der Waals surface area contributed by atoms with E-state index in [1.54, 1.807) is 24.3 Å². The van der Waals surface area contributed by atoms with Crippen LogP contribution in [0.5, 0.6) is 0 Å². The Labute approximate surface area is 231 Å². The van der Waals surface area contributed by atoms with Crippen molar-refractivity contribution in [3.05, 3.63) is 102 Å². The lowest BCUT2D eigenvalue weighted by atomic mass is 9.64. The van der Waals surface area contributed by atoms with E-state index in [2.05, 4.69) is 4.90 Å². The first-order valence-electron chi connectivity index (χ1n) is 13.6. The molecule has 0 radical (unpaired) electrons. The highest BCUT2D eigenvalue weighted by Crippen LogP contribution is 2.48. The lowest BCUT2D eigenvalue weighted by Gasteiger charge is -2.40. The van der Waals surface area contributed by atoms with Gasteiger partial charge in [0.1, 0.15) is 5.41 Å². The second-order valence-electron chi connectivity index (χ2n) is 11.1. The minimum absolute atomic E-state index is 0.0387. The molecule has 2 aliphatic rings. The van der Waals surface area contributed by atoms with Gasteiger partial charge in [-0.25, -0.2) is 4.90 Å². The number of primary amides is 1. The molecule has 5 rings (SSSR count). The summed E-state index contributed by atoms with van der Waals surface area (Å²) in [5.41, 5.74) is 8.06. The van der Waals surface area contributed by atoms with Gasteiger partial charge < -0.3 is 5.73 Å². The van der Waals surface area contributed by atoms with Crippen LogP contribution in [-0.2, 0) is 24.5 Å². The Hall–Kier alpha value is -3.04. The molecule has 3 aromatic rings. The molecule has 8 heteroatoms. The summed E-state index contributed by atoms with van der Waals surface area (Å²) in [7, 11) is -2.02. The third-order valence-electron chi connectivity index (χ3n) is 8.95. The average Bonchev–Trinajstić information content (AvgIpc) is 3.50. The number of carbonyl (C=O) groups is 1. The Bertz CT molecular complexity index is 1370. The summed E-state index contributed by atoms with van der Waals surface area (Å²) in [5.74, 6) is -1.49. The highest BCUT2D eigenvalue weighted by atomic mass is 32.2. The molecule has 1 heterocycles. The molecule has 2 unspecified atom stereocenters. The second-order valence-corrected chi connectivity index (χ2v) is 12.7. The van der Waals surface area contributed by atoms with Gasteiger partial charge in [0.05, 0.1) is 25.0 Å². The van der Waals surface area contributed by atoms with Crippen molar-refractivity contribution in [2.75, 3.05) is 20.1 Å². The molecule has 2 fully saturated rings. The van der Waals surface area contributed by atoms with Crippen LogP contribution in [0.2, 0.25) is 0 Å². The number of carbonyl (C=O) groups excluding carboxylic acids is 1. The van der Waals surface area contributed by atoms with Crippen molar-refractivity contribution in [3.8, 4) is 0 Å². The zero-order valence-corrected chi connectivity index (χ0v) is 23.7. The van der Waals surface area contributed by atoms with Gasteiger partial charge in [-0.3, -0.25) is 9.69 Å². The van der Waals surface area contributed by atoms with E-state index in [4.69, 9.17) is 9.92 Å². The summed E-state index contributed by atoms with van der Waals surface area (Å²) in [6.45, 7) is 5.23. The lowest BCUT2D eigenvalue weighted by Crippen LogP contribution is -3.16. The molecule has 3 N–H and O–H groups in total. The minimum atomic E-state index is -3.99. The number of benzene rings is 3. The van der Waals surface area contributed by atoms with E-state index in [1.165, 1.54) is 0 Å². The Morgan fingerprint density at radius 2 is 1.54 bits per heavy atom. The number of aryl methyl sites for hydroxylation is 1. The first kappa shape index (κ1) is 27.5. The zero-order chi connectivity index (χ0) is 27.8. The number of hydrogen-bond donors (Lipinski definition) is 2. The Morgan fingerprint density at radius 1 is 0.974 bits per heavy atom. The number of amides is 1. The SMILES string of the molecule is Cc1ccc(S(=O)(=O)OC2(C)N([C@H]3CC[C@@H](C(C(N)=O)(c4ccccc4)c4ccccc4)C3)CC[NH+]2C)cc1. The van der Waals surface area contributed by atoms with Gasteiger partial charge in [0, 0.05) is 13.0 Å². The van der Waals surface area contributed by atoms with Crippen molar-refractivity contribution in [1.82, 2.24) is 4.90 Å². The predicted molar refractivity (Wildman–Crippen MR) is 150 cm³/mol. The van der Waals surface area contributed by atoms with Gasteiger partial charge in [-0.15, -0.1) is 0 Å². The fourth-order valence-corrected chi connectivity index (χ4v) is 7.99. The molecular weight excluding hydrogens is 510 g/mol. The Morgan fingerprint density at radius 3 is 2.08 bits per heavy atom. The fourth-order valence-electron chi connectivity index (χ4n) is 6.76. The Balaban J connectivity index is 1.48. The molecular formula is C31H38N3O4S+. The first-order valence-corrected chi connectivity index (χ1v) is 15.0. The van der Waals surface area contributed by atoms with Crippen molar-refractivity contribution in [1.29, 1.82) is 0 Å². The van der Waals surface area contributed by atoms with Gasteiger partial charge in [0.2, 0.25) is 5.91 Å². The molecule has 4 atom stereocenters. The Kier molecular flexibility index (Phi) is 7.41. The highest BCUT2D eigenvalue weighted by molar-refractivity contribution is 7.86. The smallest absolute Gasteiger partial charge is 0.303 e. The summed E-state index contributed by atoms with van der Waals surface area (Å²) in [6.07, 6.45) is 2.30. The standard InChI is InChI=1S/C31H37N3O4S/c1-23-14-18-28(19-15-23)39(36,37)38-30(2)33(3)20-21-34(30)27-17-16-26(22-27)31(29(32)35,24-10-6-4-7-11-24)25-12-8-5-9-13-25/h4-15,18-19,26-27H,16-17,20-22H2,1-3H3,(H2,32,35)/p+1/t26-,27+,30?/m1/s1. The number of hydrogen-bond acceptors (Lipinski definition) is 5. The molecule has 7 nitrogen and oxygen atoms in total. The monoisotopic (exact) mass is 548 g/mol. The van der Waals surface area contributed by atoms with Crippen LogP contribution in [-0.4, -0.2) is 51.3 Å². The summed E-state index contributed by atoms with van der Waals surface area (Å²) in [5, 5.41) is 0. The van der Waals surface area contributed by atoms with Gasteiger partial charge in [-0.1, -0.05) is 78.4 Å². The molecule has 3 aromatic carbocycles. The van der Waals surface area contributed by atoms with Crippen LogP contribution in [0.15, 0.2) is 89.8 Å². The van der Waals surface area contributed by atoms with E-state index in [-0.39, 0.29) is 22.8 Å². The van der Waals surface area contributed by atoms with Crippen molar-refractivity contribution >= 4 is 16.0 Å². The highest BCUT2D eigenvalue weighted by Gasteiger charge is 2.57. The van der Waals surface area contributed by atoms with E-state index in [0.717, 1.165) is 41.0 Å². The van der Waals surface area contributed by atoms with Gasteiger partial charge in [-0.2, -0.15) is 12.6 Å². The number of nitrogens with one attached hydrogen (secondary N) is 1. The number of nitrogens with two attached hydrogens (primary N) is 1. The van der Waals surface area contributed by atoms with Crippen LogP contribution in [0.25, 0.3) is 0 Å². The van der Waals surface area contributed by atoms with Crippen LogP contribution in [0.1, 0.15) is 42.9 Å². The number of likely N-dealkylation sites (N-methyl/N-ethyl adjacent to an activating group) is 1.